The monoisotopic (exact) mass is 413 g/mol. The predicted molar refractivity (Wildman–Crippen MR) is 113 cm³/mol. The van der Waals surface area contributed by atoms with Gasteiger partial charge in [-0.25, -0.2) is 4.79 Å². The zero-order valence-corrected chi connectivity index (χ0v) is 16.0. The van der Waals surface area contributed by atoms with E-state index < -0.39 is 28.4 Å². The molecule has 5 rings (SSSR count). The average Bonchev–Trinajstić information content (AvgIpc) is 2.78. The second-order valence-electron chi connectivity index (χ2n) is 7.41. The van der Waals surface area contributed by atoms with Gasteiger partial charge in [-0.3, -0.25) is 14.9 Å². The number of carbonyl (C=O) groups is 1. The summed E-state index contributed by atoms with van der Waals surface area (Å²) in [7, 11) is 0. The highest BCUT2D eigenvalue weighted by molar-refractivity contribution is 5.95. The number of nitrogens with zero attached hydrogens (tertiary/aromatic N) is 1. The van der Waals surface area contributed by atoms with Crippen LogP contribution in [0.4, 0.5) is 5.69 Å². The highest BCUT2D eigenvalue weighted by Crippen LogP contribution is 2.51. The maximum atomic E-state index is 12.7. The van der Waals surface area contributed by atoms with Crippen molar-refractivity contribution in [2.75, 3.05) is 0 Å². The maximum absolute atomic E-state index is 12.7. The van der Waals surface area contributed by atoms with Gasteiger partial charge in [0.15, 0.2) is 0 Å². The van der Waals surface area contributed by atoms with Crippen LogP contribution in [-0.2, 0) is 4.79 Å². The number of hydrogen-bond acceptors (Lipinski definition) is 5. The first kappa shape index (κ1) is 18.7. The molecule has 3 aromatic carbocycles. The van der Waals surface area contributed by atoms with Gasteiger partial charge in [0.2, 0.25) is 0 Å². The molecule has 0 unspecified atom stereocenters. The van der Waals surface area contributed by atoms with E-state index in [0.717, 1.165) is 0 Å². The topological polar surface area (TPSA) is 111 Å². The summed E-state index contributed by atoms with van der Waals surface area (Å²) in [5, 5.41) is 22.3. The molecule has 0 fully saturated rings. The van der Waals surface area contributed by atoms with Gasteiger partial charge in [0.05, 0.1) is 16.2 Å². The number of benzene rings is 3. The minimum Gasteiger partial charge on any atom is -0.481 e. The normalized spacial score (nSPS) is 17.0. The minimum atomic E-state index is -1.03. The van der Waals surface area contributed by atoms with E-state index in [2.05, 4.69) is 0 Å². The molecule has 152 valence electrons. The molecule has 1 N–H and O–H groups in total. The second kappa shape index (κ2) is 6.91. The van der Waals surface area contributed by atoms with Crippen molar-refractivity contribution in [1.29, 1.82) is 0 Å². The molecule has 0 saturated carbocycles. The van der Waals surface area contributed by atoms with Crippen molar-refractivity contribution in [3.05, 3.63) is 110 Å². The summed E-state index contributed by atoms with van der Waals surface area (Å²) in [6, 6.07) is 19.7. The molecule has 0 aliphatic heterocycles. The predicted octanol–water partition coefficient (Wildman–Crippen LogP) is 4.68. The van der Waals surface area contributed by atoms with Crippen molar-refractivity contribution in [3.8, 4) is 11.3 Å². The van der Waals surface area contributed by atoms with Gasteiger partial charge in [0.1, 0.15) is 5.76 Å². The summed E-state index contributed by atoms with van der Waals surface area (Å²) in [4.78, 5) is 35.8. The second-order valence-corrected chi connectivity index (χ2v) is 7.41. The van der Waals surface area contributed by atoms with Crippen molar-refractivity contribution in [3.63, 3.8) is 0 Å². The Labute approximate surface area is 175 Å². The lowest BCUT2D eigenvalue weighted by molar-refractivity contribution is -0.384. The maximum Gasteiger partial charge on any atom is 0.344 e. The zero-order valence-electron chi connectivity index (χ0n) is 16.0. The Morgan fingerprint density at radius 3 is 2.26 bits per heavy atom. The molecule has 7 heteroatoms. The molecule has 4 aromatic rings. The van der Waals surface area contributed by atoms with Crippen LogP contribution in [-0.4, -0.2) is 16.0 Å². The number of hydrogen-bond donors (Lipinski definition) is 1. The molecule has 0 saturated heterocycles. The molecule has 31 heavy (non-hydrogen) atoms. The first-order valence-corrected chi connectivity index (χ1v) is 9.59. The fourth-order valence-corrected chi connectivity index (χ4v) is 4.49. The number of non-ortho nitro benzene ring substituents is 1. The molecule has 0 radical (unpaired) electrons. The van der Waals surface area contributed by atoms with Gasteiger partial charge in [0, 0.05) is 29.2 Å². The van der Waals surface area contributed by atoms with Crippen molar-refractivity contribution in [1.82, 2.24) is 0 Å². The highest BCUT2D eigenvalue weighted by Gasteiger charge is 2.42. The molecule has 0 spiro atoms. The zero-order chi connectivity index (χ0) is 21.7. The van der Waals surface area contributed by atoms with Crippen LogP contribution in [0, 0.1) is 10.1 Å². The summed E-state index contributed by atoms with van der Waals surface area (Å²) >= 11 is 0. The lowest BCUT2D eigenvalue weighted by Crippen LogP contribution is -2.26. The van der Waals surface area contributed by atoms with E-state index in [-0.39, 0.29) is 5.69 Å². The van der Waals surface area contributed by atoms with E-state index >= 15 is 0 Å². The van der Waals surface area contributed by atoms with Gasteiger partial charge in [-0.2, -0.15) is 0 Å². The molecular formula is C24H15NO6. The third-order valence-corrected chi connectivity index (χ3v) is 5.79. The third-order valence-electron chi connectivity index (χ3n) is 5.79. The third kappa shape index (κ3) is 2.82. The lowest BCUT2D eigenvalue weighted by atomic mass is 9.69. The first-order valence-electron chi connectivity index (χ1n) is 9.59. The lowest BCUT2D eigenvalue weighted by Gasteiger charge is -2.33. The van der Waals surface area contributed by atoms with E-state index in [1.165, 1.54) is 12.1 Å². The van der Waals surface area contributed by atoms with Gasteiger partial charge < -0.3 is 9.52 Å². The Balaban J connectivity index is 1.90. The number of nitro benzene ring substituents is 1. The van der Waals surface area contributed by atoms with Gasteiger partial charge in [-0.15, -0.1) is 0 Å². The Hall–Kier alpha value is -4.26. The van der Waals surface area contributed by atoms with Gasteiger partial charge >= 0.3 is 11.6 Å². The van der Waals surface area contributed by atoms with Crippen molar-refractivity contribution >= 4 is 22.4 Å². The van der Waals surface area contributed by atoms with Crippen LogP contribution in [0.1, 0.15) is 28.5 Å². The number of carboxylic acids is 1. The van der Waals surface area contributed by atoms with Crippen molar-refractivity contribution < 1.29 is 19.2 Å². The van der Waals surface area contributed by atoms with Gasteiger partial charge in [0.25, 0.3) is 5.69 Å². The van der Waals surface area contributed by atoms with E-state index in [9.17, 15) is 24.8 Å². The van der Waals surface area contributed by atoms with E-state index in [1.807, 2.05) is 0 Å². The molecule has 2 atom stereocenters. The molecule has 0 bridgehead atoms. The smallest absolute Gasteiger partial charge is 0.344 e. The van der Waals surface area contributed by atoms with E-state index in [4.69, 9.17) is 4.42 Å². The average molecular weight is 413 g/mol. The minimum absolute atomic E-state index is 0.0866. The van der Waals surface area contributed by atoms with Gasteiger partial charge in [-0.1, -0.05) is 54.6 Å². The Kier molecular flexibility index (Phi) is 4.18. The van der Waals surface area contributed by atoms with Crippen LogP contribution in [0.15, 0.2) is 82.0 Å². The molecule has 7 nitrogen and oxygen atoms in total. The van der Waals surface area contributed by atoms with Crippen LogP contribution >= 0.6 is 0 Å². The van der Waals surface area contributed by atoms with Crippen LogP contribution in [0.2, 0.25) is 0 Å². The molecule has 0 amide bonds. The van der Waals surface area contributed by atoms with Crippen LogP contribution < -0.4 is 5.63 Å². The summed E-state index contributed by atoms with van der Waals surface area (Å²) in [5.41, 5.74) is 1.69. The number of rotatable bonds is 3. The molecule has 1 aromatic heterocycles. The SMILES string of the molecule is O=C(O)[C@@H]1c2ccccc2-c2oc(=O)c3ccccc3c2[C@H]1c1ccc([N+](=O)[O-])cc1. The Bertz CT molecular complexity index is 1420. The Morgan fingerprint density at radius 1 is 0.935 bits per heavy atom. The molecule has 1 aliphatic rings. The summed E-state index contributed by atoms with van der Waals surface area (Å²) < 4.78 is 5.72. The van der Waals surface area contributed by atoms with E-state index in [1.54, 1.807) is 60.7 Å². The summed E-state index contributed by atoms with van der Waals surface area (Å²) in [6.45, 7) is 0. The molecular weight excluding hydrogens is 398 g/mol. The number of aliphatic carboxylic acids is 1. The molecule has 1 heterocycles. The number of nitro groups is 1. The van der Waals surface area contributed by atoms with Crippen molar-refractivity contribution in [2.24, 2.45) is 0 Å². The fourth-order valence-electron chi connectivity index (χ4n) is 4.49. The number of fused-ring (bicyclic) bond motifs is 5. The van der Waals surface area contributed by atoms with Crippen LogP contribution in [0.3, 0.4) is 0 Å². The van der Waals surface area contributed by atoms with Crippen LogP contribution in [0.25, 0.3) is 22.1 Å². The first-order chi connectivity index (χ1) is 15.0. The standard InChI is InChI=1S/C24H15NO6/c26-23(27)21-15-5-1-3-7-17(15)22-20(16-6-2-4-8-18(16)24(28)31-22)19(21)13-9-11-14(12-10-13)25(29)30/h1-12,19,21H,(H,26,27)/t19-,21-/m1/s1. The van der Waals surface area contributed by atoms with Crippen molar-refractivity contribution in [2.45, 2.75) is 11.8 Å². The largest absolute Gasteiger partial charge is 0.481 e. The fraction of sp³-hybridized carbons (Fsp3) is 0.0833. The Morgan fingerprint density at radius 2 is 1.58 bits per heavy atom. The van der Waals surface area contributed by atoms with E-state index in [0.29, 0.717) is 38.8 Å². The number of carboxylic acid groups (broad SMARTS) is 1. The summed E-state index contributed by atoms with van der Waals surface area (Å²) in [6.07, 6.45) is 0. The quantitative estimate of drug-likeness (QED) is 0.386. The van der Waals surface area contributed by atoms with Gasteiger partial charge in [-0.05, 0) is 22.6 Å². The van der Waals surface area contributed by atoms with Crippen LogP contribution in [0.5, 0.6) is 0 Å². The summed E-state index contributed by atoms with van der Waals surface area (Å²) in [5.74, 6) is -2.35. The molecule has 1 aliphatic carbocycles. The highest BCUT2D eigenvalue weighted by atomic mass is 16.6.